The Morgan fingerprint density at radius 3 is 2.44 bits per heavy atom. The summed E-state index contributed by atoms with van der Waals surface area (Å²) in [5.41, 5.74) is 4.76. The zero-order chi connectivity index (χ0) is 33.7. The molecule has 8 rings (SSSR count). The van der Waals surface area contributed by atoms with Gasteiger partial charge in [0.15, 0.2) is 0 Å². The largest absolute Gasteiger partial charge is 0.393 e. The molecular formula is C37H43F3N6OS. The Bertz CT molecular complexity index is 1850. The molecule has 0 unspecified atom stereocenters. The van der Waals surface area contributed by atoms with Crippen LogP contribution in [0.1, 0.15) is 92.8 Å². The van der Waals surface area contributed by atoms with E-state index in [-0.39, 0.29) is 21.7 Å². The molecule has 0 spiro atoms. The molecule has 0 amide bonds. The van der Waals surface area contributed by atoms with Crippen LogP contribution in [0.25, 0.3) is 21.1 Å². The summed E-state index contributed by atoms with van der Waals surface area (Å²) in [5.74, 6) is 1.00. The molecule has 4 aliphatic rings. The fourth-order valence-electron chi connectivity index (χ4n) is 8.65. The van der Waals surface area contributed by atoms with Crippen molar-refractivity contribution >= 4 is 44.1 Å². The Hall–Kier alpha value is -3.49. The van der Waals surface area contributed by atoms with Gasteiger partial charge in [0.2, 0.25) is 0 Å². The number of benzene rings is 1. The van der Waals surface area contributed by atoms with Gasteiger partial charge in [0.05, 0.1) is 11.8 Å². The van der Waals surface area contributed by atoms with Crippen molar-refractivity contribution in [2.75, 3.05) is 18.4 Å². The minimum atomic E-state index is -4.25. The van der Waals surface area contributed by atoms with Gasteiger partial charge in [0.1, 0.15) is 34.5 Å². The van der Waals surface area contributed by atoms with Gasteiger partial charge in [-0.25, -0.2) is 9.97 Å². The van der Waals surface area contributed by atoms with E-state index in [4.69, 9.17) is 0 Å². The third kappa shape index (κ3) is 6.58. The number of hydrogen-bond acceptors (Lipinski definition) is 7. The van der Waals surface area contributed by atoms with Gasteiger partial charge in [0.25, 0.3) is 0 Å². The normalized spacial score (nSPS) is 23.6. The number of hydrogen-bond donors (Lipinski definition) is 1. The molecule has 4 fully saturated rings. The van der Waals surface area contributed by atoms with Crippen LogP contribution >= 0.6 is 11.3 Å². The summed E-state index contributed by atoms with van der Waals surface area (Å²) >= 11 is 1.07. The third-order valence-corrected chi connectivity index (χ3v) is 12.7. The highest BCUT2D eigenvalue weighted by Crippen LogP contribution is 2.59. The number of carbonyl (C=O) groups excluding carboxylic acids is 1. The van der Waals surface area contributed by atoms with Gasteiger partial charge in [0, 0.05) is 60.8 Å². The molecule has 1 N–H and O–H groups in total. The van der Waals surface area contributed by atoms with Gasteiger partial charge < -0.3 is 9.88 Å². The maximum absolute atomic E-state index is 13.0. The first kappa shape index (κ1) is 33.0. The number of aryl methyl sites for hydroxylation is 1. The number of fused-ring (bicyclic) bond motifs is 5. The number of nitrogens with one attached hydrogen (secondary N) is 1. The highest BCUT2D eigenvalue weighted by atomic mass is 32.1. The summed E-state index contributed by atoms with van der Waals surface area (Å²) in [7, 11) is 0. The van der Waals surface area contributed by atoms with Crippen molar-refractivity contribution in [3.05, 3.63) is 52.3 Å². The lowest BCUT2D eigenvalue weighted by atomic mass is 9.52. The van der Waals surface area contributed by atoms with Crippen molar-refractivity contribution in [3.8, 4) is 6.07 Å². The van der Waals surface area contributed by atoms with Crippen molar-refractivity contribution in [1.82, 2.24) is 19.4 Å². The van der Waals surface area contributed by atoms with Gasteiger partial charge in [-0.2, -0.15) is 18.4 Å². The van der Waals surface area contributed by atoms with Crippen LogP contribution in [0.5, 0.6) is 0 Å². The molecule has 2 bridgehead atoms. The average Bonchev–Trinajstić information content (AvgIpc) is 3.64. The molecule has 0 atom stereocenters. The lowest BCUT2D eigenvalue weighted by Gasteiger charge is -2.53. The molecule has 1 saturated heterocycles. The van der Waals surface area contributed by atoms with Crippen LogP contribution in [0.2, 0.25) is 0 Å². The van der Waals surface area contributed by atoms with Gasteiger partial charge in [-0.1, -0.05) is 13.0 Å². The van der Waals surface area contributed by atoms with E-state index in [0.717, 1.165) is 112 Å². The van der Waals surface area contributed by atoms with Crippen LogP contribution in [0.15, 0.2) is 30.6 Å². The topological polar surface area (TPSA) is 86.8 Å². The molecule has 4 aromatic rings. The number of likely N-dealkylation sites (tertiary alicyclic amines) is 1. The van der Waals surface area contributed by atoms with E-state index in [1.807, 2.05) is 6.92 Å². The summed E-state index contributed by atoms with van der Waals surface area (Å²) in [6.45, 7) is 7.62. The quantitative estimate of drug-likeness (QED) is 0.181. The van der Waals surface area contributed by atoms with Crippen LogP contribution in [-0.2, 0) is 24.3 Å². The second-order valence-electron chi connectivity index (χ2n) is 14.7. The van der Waals surface area contributed by atoms with Crippen LogP contribution in [0.4, 0.5) is 19.0 Å². The second-order valence-corrected chi connectivity index (χ2v) is 15.8. The zero-order valence-corrected chi connectivity index (χ0v) is 28.6. The lowest BCUT2D eigenvalue weighted by molar-refractivity contribution is -0.126. The van der Waals surface area contributed by atoms with Crippen molar-refractivity contribution in [2.24, 2.45) is 10.8 Å². The number of piperidine rings is 1. The molecule has 1 aromatic carbocycles. The zero-order valence-electron chi connectivity index (χ0n) is 27.8. The number of halogens is 3. The van der Waals surface area contributed by atoms with Crippen molar-refractivity contribution < 1.29 is 18.0 Å². The molecule has 3 saturated carbocycles. The molecule has 4 heterocycles. The molecule has 48 heavy (non-hydrogen) atoms. The number of carbonyl (C=O) groups is 1. The van der Waals surface area contributed by atoms with E-state index in [1.165, 1.54) is 17.5 Å². The first-order valence-corrected chi connectivity index (χ1v) is 18.1. The SMILES string of the molecule is CCC(=O)CC12CCC(Cn3c(C#N)cc4c(C)c(CN5CCC(Nc6ncnc7sc(CC(F)(F)F)cc67)CC5)ccc43)(CC1)CC2. The summed E-state index contributed by atoms with van der Waals surface area (Å²) in [4.78, 5) is 24.1. The van der Waals surface area contributed by atoms with Crippen LogP contribution in [0, 0.1) is 29.1 Å². The first-order chi connectivity index (χ1) is 23.0. The minimum Gasteiger partial charge on any atom is -0.367 e. The maximum Gasteiger partial charge on any atom is 0.393 e. The lowest BCUT2D eigenvalue weighted by Crippen LogP contribution is -2.44. The standard InChI is InChI=1S/C37H43F3N6OS/c1-3-28(47)18-35-8-11-36(12-9-35,13-10-35)22-46-27(20-41)16-30-24(2)25(4-5-32(30)46)21-45-14-6-26(7-15-45)44-33-31-17-29(19-37(38,39)40)48-34(31)43-23-42-33/h4-5,16-17,23,26H,3,6-15,18-19,21-22H2,1-2H3,(H,42,43,44). The van der Waals surface area contributed by atoms with Crippen molar-refractivity contribution in [2.45, 2.75) is 110 Å². The number of anilines is 1. The summed E-state index contributed by atoms with van der Waals surface area (Å²) in [6.07, 6.45) is 6.13. The number of nitrogens with zero attached hydrogens (tertiary/aromatic N) is 5. The fraction of sp³-hybridized carbons (Fsp3) is 0.568. The van der Waals surface area contributed by atoms with Crippen LogP contribution in [-0.4, -0.2) is 50.5 Å². The highest BCUT2D eigenvalue weighted by molar-refractivity contribution is 7.18. The molecule has 7 nitrogen and oxygen atoms in total. The molecule has 3 aliphatic carbocycles. The third-order valence-electron chi connectivity index (χ3n) is 11.7. The van der Waals surface area contributed by atoms with E-state index in [2.05, 4.69) is 55.9 Å². The number of ketones is 1. The second kappa shape index (κ2) is 12.8. The Labute approximate surface area is 283 Å². The van der Waals surface area contributed by atoms with E-state index >= 15 is 0 Å². The highest BCUT2D eigenvalue weighted by Gasteiger charge is 2.49. The van der Waals surface area contributed by atoms with Crippen molar-refractivity contribution in [1.29, 1.82) is 5.26 Å². The number of rotatable bonds is 10. The van der Waals surface area contributed by atoms with Gasteiger partial charge in [-0.05, 0) is 98.4 Å². The van der Waals surface area contributed by atoms with Gasteiger partial charge in [-0.3, -0.25) is 9.69 Å². The maximum atomic E-state index is 13.0. The minimum absolute atomic E-state index is 0.178. The number of Topliss-reactive ketones (excluding diaryl/α,β-unsaturated/α-hetero) is 1. The molecular weight excluding hydrogens is 634 g/mol. The molecule has 1 aliphatic heterocycles. The van der Waals surface area contributed by atoms with Crippen LogP contribution in [0.3, 0.4) is 0 Å². The fourth-order valence-corrected chi connectivity index (χ4v) is 9.68. The molecule has 3 aromatic heterocycles. The van der Waals surface area contributed by atoms with Gasteiger partial charge >= 0.3 is 6.18 Å². The smallest absolute Gasteiger partial charge is 0.367 e. The molecule has 254 valence electrons. The number of nitriles is 1. The molecule has 11 heteroatoms. The summed E-state index contributed by atoms with van der Waals surface area (Å²) < 4.78 is 41.2. The molecule has 0 radical (unpaired) electrons. The number of thiophene rings is 1. The number of alkyl halides is 3. The Balaban J connectivity index is 0.999. The van der Waals surface area contributed by atoms with Crippen LogP contribution < -0.4 is 5.32 Å². The summed E-state index contributed by atoms with van der Waals surface area (Å²) in [5, 5.41) is 15.5. The van der Waals surface area contributed by atoms with E-state index < -0.39 is 12.6 Å². The Morgan fingerprint density at radius 2 is 1.77 bits per heavy atom. The van der Waals surface area contributed by atoms with Gasteiger partial charge in [-0.15, -0.1) is 11.3 Å². The predicted molar refractivity (Wildman–Crippen MR) is 183 cm³/mol. The van der Waals surface area contributed by atoms with E-state index in [9.17, 15) is 23.2 Å². The predicted octanol–water partition coefficient (Wildman–Crippen LogP) is 8.72. The Kier molecular flexibility index (Phi) is 8.78. The number of aromatic nitrogens is 3. The first-order valence-electron chi connectivity index (χ1n) is 17.3. The van der Waals surface area contributed by atoms with Crippen molar-refractivity contribution in [3.63, 3.8) is 0 Å². The monoisotopic (exact) mass is 676 g/mol. The summed E-state index contributed by atoms with van der Waals surface area (Å²) in [6, 6.07) is 10.7. The Morgan fingerprint density at radius 1 is 1.06 bits per heavy atom. The van der Waals surface area contributed by atoms with E-state index in [1.54, 1.807) is 6.07 Å². The van der Waals surface area contributed by atoms with E-state index in [0.29, 0.717) is 28.2 Å². The average molecular weight is 677 g/mol.